The number of nitrogens with zero attached hydrogens (tertiary/aromatic N) is 3. The second kappa shape index (κ2) is 9.65. The minimum absolute atomic E-state index is 0.0280. The molecular weight excluding hydrogens is 382 g/mol. The van der Waals surface area contributed by atoms with Gasteiger partial charge in [-0.3, -0.25) is 4.79 Å². The van der Waals surface area contributed by atoms with Gasteiger partial charge in [-0.05, 0) is 44.2 Å². The van der Waals surface area contributed by atoms with Gasteiger partial charge in [0.25, 0.3) is 0 Å². The highest BCUT2D eigenvalue weighted by Crippen LogP contribution is 2.33. The van der Waals surface area contributed by atoms with Crippen LogP contribution < -0.4 is 25.0 Å². The maximum atomic E-state index is 12.5. The van der Waals surface area contributed by atoms with Crippen LogP contribution in [0.4, 0.5) is 17.3 Å². The van der Waals surface area contributed by atoms with Crippen LogP contribution in [0, 0.1) is 5.92 Å². The first-order valence-electron chi connectivity index (χ1n) is 10.7. The van der Waals surface area contributed by atoms with Crippen LogP contribution in [-0.2, 0) is 4.79 Å². The van der Waals surface area contributed by atoms with Crippen LogP contribution in [0.1, 0.15) is 32.6 Å². The van der Waals surface area contributed by atoms with E-state index in [1.807, 2.05) is 24.3 Å². The lowest BCUT2D eigenvalue weighted by Crippen LogP contribution is -2.36. The van der Waals surface area contributed by atoms with Crippen molar-refractivity contribution in [2.75, 3.05) is 48.4 Å². The van der Waals surface area contributed by atoms with Gasteiger partial charge in [0.1, 0.15) is 31.2 Å². The van der Waals surface area contributed by atoms with Gasteiger partial charge in [-0.15, -0.1) is 0 Å². The van der Waals surface area contributed by atoms with E-state index in [4.69, 9.17) is 9.47 Å². The predicted molar refractivity (Wildman–Crippen MR) is 116 cm³/mol. The molecule has 0 unspecified atom stereocenters. The van der Waals surface area contributed by atoms with Crippen molar-refractivity contribution in [3.8, 4) is 11.5 Å². The van der Waals surface area contributed by atoms with Crippen molar-refractivity contribution in [1.82, 2.24) is 9.97 Å². The summed E-state index contributed by atoms with van der Waals surface area (Å²) in [6.45, 7) is 5.88. The second-order valence-electron chi connectivity index (χ2n) is 7.69. The Morgan fingerprint density at radius 1 is 1.20 bits per heavy atom. The van der Waals surface area contributed by atoms with Gasteiger partial charge >= 0.3 is 0 Å². The molecule has 0 bridgehead atoms. The normalized spacial score (nSPS) is 18.0. The number of hydrogen-bond donors (Lipinski definition) is 2. The maximum absolute atomic E-state index is 12.5. The number of rotatable bonds is 7. The monoisotopic (exact) mass is 411 g/mol. The molecule has 1 amide bonds. The molecule has 4 rings (SSSR count). The summed E-state index contributed by atoms with van der Waals surface area (Å²) in [4.78, 5) is 23.5. The quantitative estimate of drug-likeness (QED) is 0.722. The highest BCUT2D eigenvalue weighted by molar-refractivity contribution is 5.91. The number of anilines is 3. The average Bonchev–Trinajstić information content (AvgIpc) is 2.78. The number of carbonyl (C=O) groups is 1. The highest BCUT2D eigenvalue weighted by Gasteiger charge is 2.22. The number of aromatic nitrogens is 2. The smallest absolute Gasteiger partial charge is 0.224 e. The summed E-state index contributed by atoms with van der Waals surface area (Å²) in [6, 6.07) is 7.52. The number of amides is 1. The van der Waals surface area contributed by atoms with Crippen molar-refractivity contribution >= 4 is 23.2 Å². The van der Waals surface area contributed by atoms with Crippen LogP contribution >= 0.6 is 0 Å². The largest absolute Gasteiger partial charge is 0.486 e. The number of carbonyl (C=O) groups excluding carboxylic acids is 1. The Balaban J connectivity index is 1.28. The zero-order chi connectivity index (χ0) is 20.8. The SMILES string of the molecule is CCNc1cc(N2CCC[C@@H](CCC(=O)Nc3ccc4c(c3)OCCO4)C2)ncn1. The number of benzene rings is 1. The topological polar surface area (TPSA) is 88.6 Å². The van der Waals surface area contributed by atoms with E-state index in [0.717, 1.165) is 62.0 Å². The second-order valence-corrected chi connectivity index (χ2v) is 7.69. The van der Waals surface area contributed by atoms with Gasteiger partial charge in [0.15, 0.2) is 11.5 Å². The summed E-state index contributed by atoms with van der Waals surface area (Å²) in [5, 5.41) is 6.21. The molecule has 2 N–H and O–H groups in total. The van der Waals surface area contributed by atoms with E-state index < -0.39 is 0 Å². The van der Waals surface area contributed by atoms with E-state index in [9.17, 15) is 4.79 Å². The highest BCUT2D eigenvalue weighted by atomic mass is 16.6. The first-order valence-corrected chi connectivity index (χ1v) is 10.7. The average molecular weight is 412 g/mol. The minimum Gasteiger partial charge on any atom is -0.486 e. The van der Waals surface area contributed by atoms with Crippen LogP contribution in [0.2, 0.25) is 0 Å². The Hall–Kier alpha value is -3.03. The first-order chi connectivity index (χ1) is 14.7. The van der Waals surface area contributed by atoms with Gasteiger partial charge in [0, 0.05) is 43.9 Å². The lowest BCUT2D eigenvalue weighted by molar-refractivity contribution is -0.116. The van der Waals surface area contributed by atoms with E-state index in [2.05, 4.69) is 32.4 Å². The molecule has 2 aliphatic heterocycles. The molecule has 8 heteroatoms. The summed E-state index contributed by atoms with van der Waals surface area (Å²) in [5.41, 5.74) is 0.742. The summed E-state index contributed by atoms with van der Waals surface area (Å²) in [5.74, 6) is 3.71. The fraction of sp³-hybridized carbons (Fsp3) is 0.500. The summed E-state index contributed by atoms with van der Waals surface area (Å²) < 4.78 is 11.1. The summed E-state index contributed by atoms with van der Waals surface area (Å²) >= 11 is 0. The maximum Gasteiger partial charge on any atom is 0.224 e. The molecule has 1 atom stereocenters. The van der Waals surface area contributed by atoms with Crippen LogP contribution in [0.25, 0.3) is 0 Å². The van der Waals surface area contributed by atoms with Crippen molar-refractivity contribution in [3.05, 3.63) is 30.6 Å². The van der Waals surface area contributed by atoms with Crippen molar-refractivity contribution in [2.45, 2.75) is 32.6 Å². The van der Waals surface area contributed by atoms with Crippen molar-refractivity contribution in [2.24, 2.45) is 5.92 Å². The molecule has 2 aromatic rings. The van der Waals surface area contributed by atoms with Gasteiger partial charge < -0.3 is 25.0 Å². The molecule has 160 valence electrons. The molecule has 1 aromatic heterocycles. The Morgan fingerprint density at radius 2 is 2.07 bits per heavy atom. The molecule has 0 aliphatic carbocycles. The Bertz CT molecular complexity index is 876. The standard InChI is InChI=1S/C22H29N5O3/c1-2-23-20-13-21(25-15-24-20)27-9-3-4-16(14-27)5-8-22(28)26-17-6-7-18-19(12-17)30-11-10-29-18/h6-7,12-13,15-16H,2-5,8-11,14H2,1H3,(H,26,28)(H,23,24,25)/t16-/m0/s1. The third kappa shape index (κ3) is 5.11. The van der Waals surface area contributed by atoms with E-state index >= 15 is 0 Å². The molecular formula is C22H29N5O3. The molecule has 1 fully saturated rings. The molecule has 0 spiro atoms. The Morgan fingerprint density at radius 3 is 2.93 bits per heavy atom. The lowest BCUT2D eigenvalue weighted by atomic mass is 9.93. The van der Waals surface area contributed by atoms with Gasteiger partial charge in [0.05, 0.1) is 0 Å². The fourth-order valence-corrected chi connectivity index (χ4v) is 3.99. The zero-order valence-electron chi connectivity index (χ0n) is 17.4. The predicted octanol–water partition coefficient (Wildman–Crippen LogP) is 3.31. The minimum atomic E-state index is 0.0280. The van der Waals surface area contributed by atoms with Gasteiger partial charge in [-0.25, -0.2) is 9.97 Å². The molecule has 0 radical (unpaired) electrons. The summed E-state index contributed by atoms with van der Waals surface area (Å²) in [7, 11) is 0. The molecule has 3 heterocycles. The molecule has 30 heavy (non-hydrogen) atoms. The van der Waals surface area contributed by atoms with Crippen LogP contribution in [0.5, 0.6) is 11.5 Å². The summed E-state index contributed by atoms with van der Waals surface area (Å²) in [6.07, 6.45) is 5.21. The fourth-order valence-electron chi connectivity index (χ4n) is 3.99. The molecule has 1 saturated heterocycles. The van der Waals surface area contributed by atoms with Gasteiger partial charge in [0.2, 0.25) is 5.91 Å². The first kappa shape index (κ1) is 20.3. The van der Waals surface area contributed by atoms with E-state index in [1.165, 1.54) is 0 Å². The van der Waals surface area contributed by atoms with E-state index in [1.54, 1.807) is 6.33 Å². The van der Waals surface area contributed by atoms with Crippen LogP contribution in [0.3, 0.4) is 0 Å². The van der Waals surface area contributed by atoms with E-state index in [0.29, 0.717) is 31.3 Å². The van der Waals surface area contributed by atoms with Crippen molar-refractivity contribution in [3.63, 3.8) is 0 Å². The van der Waals surface area contributed by atoms with E-state index in [-0.39, 0.29) is 5.91 Å². The number of fused-ring (bicyclic) bond motifs is 1. The van der Waals surface area contributed by atoms with Crippen LogP contribution in [0.15, 0.2) is 30.6 Å². The van der Waals surface area contributed by atoms with Gasteiger partial charge in [-0.2, -0.15) is 0 Å². The van der Waals surface area contributed by atoms with Crippen LogP contribution in [-0.4, -0.2) is 48.7 Å². The Kier molecular flexibility index (Phi) is 6.51. The Labute approximate surface area is 177 Å². The van der Waals surface area contributed by atoms with Crippen molar-refractivity contribution in [1.29, 1.82) is 0 Å². The zero-order valence-corrected chi connectivity index (χ0v) is 17.4. The third-order valence-electron chi connectivity index (χ3n) is 5.46. The lowest BCUT2D eigenvalue weighted by Gasteiger charge is -2.33. The molecule has 1 aromatic carbocycles. The third-order valence-corrected chi connectivity index (χ3v) is 5.46. The number of ether oxygens (including phenoxy) is 2. The molecule has 2 aliphatic rings. The van der Waals surface area contributed by atoms with Gasteiger partial charge in [-0.1, -0.05) is 0 Å². The van der Waals surface area contributed by atoms with Crippen molar-refractivity contribution < 1.29 is 14.3 Å². The molecule has 0 saturated carbocycles. The number of nitrogens with one attached hydrogen (secondary N) is 2. The molecule has 8 nitrogen and oxygen atoms in total. The number of piperidine rings is 1. The number of hydrogen-bond acceptors (Lipinski definition) is 7.